The van der Waals surface area contributed by atoms with E-state index < -0.39 is 17.5 Å². The van der Waals surface area contributed by atoms with E-state index in [1.54, 1.807) is 61.3 Å². The van der Waals surface area contributed by atoms with E-state index in [0.717, 1.165) is 29.6 Å². The van der Waals surface area contributed by atoms with Gasteiger partial charge < -0.3 is 19.6 Å². The van der Waals surface area contributed by atoms with Gasteiger partial charge in [0.15, 0.2) is 5.82 Å². The highest BCUT2D eigenvalue weighted by Crippen LogP contribution is 2.50. The molecule has 9 nitrogen and oxygen atoms in total. The predicted octanol–water partition coefficient (Wildman–Crippen LogP) is 7.75. The molecule has 3 fully saturated rings. The number of halogens is 3. The Labute approximate surface area is 303 Å². The number of benzene rings is 2. The van der Waals surface area contributed by atoms with Crippen LogP contribution in [0.15, 0.2) is 72.0 Å². The van der Waals surface area contributed by atoms with Crippen LogP contribution in [0, 0.1) is 23.1 Å². The van der Waals surface area contributed by atoms with E-state index >= 15 is 4.39 Å². The van der Waals surface area contributed by atoms with Crippen molar-refractivity contribution in [3.05, 3.63) is 110 Å². The minimum absolute atomic E-state index is 0.0549. The summed E-state index contributed by atoms with van der Waals surface area (Å²) in [5, 5.41) is 25.8. The second-order valence-corrected chi connectivity index (χ2v) is 14.8. The Kier molecular flexibility index (Phi) is 8.23. The van der Waals surface area contributed by atoms with Gasteiger partial charge in [0.2, 0.25) is 0 Å². The molecule has 0 spiro atoms. The molecule has 0 unspecified atom stereocenters. The van der Waals surface area contributed by atoms with Crippen molar-refractivity contribution in [1.82, 2.24) is 29.4 Å². The van der Waals surface area contributed by atoms with Crippen molar-refractivity contribution in [2.24, 2.45) is 5.92 Å². The van der Waals surface area contributed by atoms with Crippen LogP contribution in [-0.2, 0) is 12.0 Å². The van der Waals surface area contributed by atoms with Gasteiger partial charge in [-0.3, -0.25) is 14.8 Å². The van der Waals surface area contributed by atoms with E-state index in [2.05, 4.69) is 32.0 Å². The van der Waals surface area contributed by atoms with Gasteiger partial charge in [0.25, 0.3) is 5.56 Å². The first-order chi connectivity index (χ1) is 24.5. The summed E-state index contributed by atoms with van der Waals surface area (Å²) in [5.74, 6) is -0.228. The van der Waals surface area contributed by atoms with Crippen LogP contribution in [0.25, 0.3) is 44.2 Å². The van der Waals surface area contributed by atoms with Crippen LogP contribution in [-0.4, -0.2) is 41.8 Å². The van der Waals surface area contributed by atoms with Gasteiger partial charge in [-0.05, 0) is 75.4 Å². The minimum atomic E-state index is -1.16. The summed E-state index contributed by atoms with van der Waals surface area (Å²) in [5.41, 5.74) is 3.30. The Bertz CT molecular complexity index is 2450. The molecule has 0 amide bonds. The van der Waals surface area contributed by atoms with E-state index in [1.807, 2.05) is 19.1 Å². The van der Waals surface area contributed by atoms with Crippen molar-refractivity contribution in [2.75, 3.05) is 6.54 Å². The molecule has 0 radical (unpaired) electrons. The molecular formula is C39H34Cl2FN7O2. The number of aliphatic hydroxyl groups is 1. The highest BCUT2D eigenvalue weighted by atomic mass is 35.5. The smallest absolute Gasteiger partial charge is 0.269 e. The molecule has 6 aromatic rings. The van der Waals surface area contributed by atoms with Gasteiger partial charge in [-0.2, -0.15) is 5.26 Å². The largest absolute Gasteiger partial charge is 0.384 e. The number of hydrogen-bond donors (Lipinski definition) is 2. The van der Waals surface area contributed by atoms with E-state index in [0.29, 0.717) is 39.4 Å². The van der Waals surface area contributed by atoms with Crippen molar-refractivity contribution in [1.29, 1.82) is 5.26 Å². The Hall–Kier alpha value is -4.66. The number of aromatic nitrogens is 5. The SMILES string of the molecule is C[C@H](c1cc2c(-c3ccc(C(C)(C)O)nc3)nc3c(F)c(-c4cccc(Cl)c4Cl)c(CCC#N)cc3c2n1[C@H]1[C@H]2CN[C@@H]1C2)n1ccncc1=O. The summed E-state index contributed by atoms with van der Waals surface area (Å²) in [6, 6.07) is 14.7. The van der Waals surface area contributed by atoms with Crippen molar-refractivity contribution < 1.29 is 9.50 Å². The number of nitriles is 1. The lowest BCUT2D eigenvalue weighted by molar-refractivity contribution is 0.0739. The Morgan fingerprint density at radius 3 is 2.67 bits per heavy atom. The summed E-state index contributed by atoms with van der Waals surface area (Å²) in [6.07, 6.45) is 7.68. The second-order valence-electron chi connectivity index (χ2n) is 14.0. The number of aryl methyl sites for hydroxylation is 1. The first-order valence-corrected chi connectivity index (χ1v) is 17.7. The van der Waals surface area contributed by atoms with Crippen LogP contribution in [0.4, 0.5) is 4.39 Å². The Balaban J connectivity index is 1.51. The fourth-order valence-electron chi connectivity index (χ4n) is 7.95. The van der Waals surface area contributed by atoms with Crippen LogP contribution < -0.4 is 10.9 Å². The summed E-state index contributed by atoms with van der Waals surface area (Å²) in [7, 11) is 0. The zero-order valence-electron chi connectivity index (χ0n) is 28.2. The molecule has 3 aliphatic rings. The van der Waals surface area contributed by atoms with Gasteiger partial charge in [-0.1, -0.05) is 35.3 Å². The van der Waals surface area contributed by atoms with Crippen LogP contribution in [0.2, 0.25) is 10.0 Å². The summed E-state index contributed by atoms with van der Waals surface area (Å²) >= 11 is 13.2. The lowest BCUT2D eigenvalue weighted by Crippen LogP contribution is -2.40. The molecule has 2 aliphatic heterocycles. The number of fused-ring (bicyclic) bond motifs is 4. The van der Waals surface area contributed by atoms with E-state index in [9.17, 15) is 15.2 Å². The Morgan fingerprint density at radius 2 is 2.00 bits per heavy atom. The van der Waals surface area contributed by atoms with Gasteiger partial charge in [0.1, 0.15) is 11.1 Å². The third-order valence-corrected chi connectivity index (χ3v) is 11.3. The Morgan fingerprint density at radius 1 is 1.18 bits per heavy atom. The number of pyridine rings is 2. The fraction of sp³-hybridized carbons (Fsp3) is 0.308. The molecule has 6 heterocycles. The summed E-state index contributed by atoms with van der Waals surface area (Å²) in [6.45, 7) is 6.17. The lowest BCUT2D eigenvalue weighted by atomic mass is 9.79. The molecule has 2 N–H and O–H groups in total. The fourth-order valence-corrected chi connectivity index (χ4v) is 8.34. The first kappa shape index (κ1) is 33.5. The standard InChI is InChI=1S/C39H34Cl2FN7O2/c1-20(48-13-12-44-19-31(48)50)29-16-26-35(22-9-10-30(46-17-22)39(2,3)51)47-36-25(38(26)49(29)37-23-15-28(37)45-18-23)14-21(6-5-11-43)32(34(36)42)24-7-4-8-27(40)33(24)41/h4,7-10,12-14,16-17,19-20,23,28,37,45,51H,5-6,15,18H2,1-3H3/t20-,23-,28-,37+/m1/s1. The minimum Gasteiger partial charge on any atom is -0.384 e. The maximum absolute atomic E-state index is 17.5. The number of nitrogens with zero attached hydrogens (tertiary/aromatic N) is 6. The molecule has 2 saturated heterocycles. The molecule has 258 valence electrons. The molecule has 2 bridgehead atoms. The van der Waals surface area contributed by atoms with Crippen molar-refractivity contribution in [3.63, 3.8) is 0 Å². The van der Waals surface area contributed by atoms with Gasteiger partial charge in [-0.15, -0.1) is 0 Å². The van der Waals surface area contributed by atoms with Crippen molar-refractivity contribution in [3.8, 4) is 28.5 Å². The topological polar surface area (TPSA) is 122 Å². The predicted molar refractivity (Wildman–Crippen MR) is 196 cm³/mol. The monoisotopic (exact) mass is 721 g/mol. The van der Waals surface area contributed by atoms with E-state index in [1.165, 1.54) is 6.20 Å². The normalized spacial score (nSPS) is 19.0. The van der Waals surface area contributed by atoms with Crippen LogP contribution in [0.3, 0.4) is 0 Å². The quantitative estimate of drug-likeness (QED) is 0.165. The molecule has 4 aromatic heterocycles. The van der Waals surface area contributed by atoms with Gasteiger partial charge >= 0.3 is 0 Å². The summed E-state index contributed by atoms with van der Waals surface area (Å²) in [4.78, 5) is 26.8. The third kappa shape index (κ3) is 5.42. The summed E-state index contributed by atoms with van der Waals surface area (Å²) < 4.78 is 21.4. The zero-order chi connectivity index (χ0) is 35.8. The van der Waals surface area contributed by atoms with Crippen LogP contribution in [0.1, 0.15) is 62.6 Å². The number of hydrogen-bond acceptors (Lipinski definition) is 7. The third-order valence-electron chi connectivity index (χ3n) is 10.5. The van der Waals surface area contributed by atoms with E-state index in [4.69, 9.17) is 28.2 Å². The first-order valence-electron chi connectivity index (χ1n) is 16.9. The second kappa shape index (κ2) is 12.5. The van der Waals surface area contributed by atoms with Gasteiger partial charge in [0.05, 0.1) is 51.3 Å². The number of nitrogens with one attached hydrogen (secondary N) is 1. The molecule has 12 heteroatoms. The molecule has 51 heavy (non-hydrogen) atoms. The average Bonchev–Trinajstić information content (AvgIpc) is 3.85. The highest BCUT2D eigenvalue weighted by molar-refractivity contribution is 6.43. The average molecular weight is 723 g/mol. The van der Waals surface area contributed by atoms with Crippen LogP contribution in [0.5, 0.6) is 0 Å². The molecule has 2 aromatic carbocycles. The molecule has 4 atom stereocenters. The van der Waals surface area contributed by atoms with Crippen molar-refractivity contribution >= 4 is 45.0 Å². The lowest BCUT2D eigenvalue weighted by Gasteiger charge is -2.38. The highest BCUT2D eigenvalue weighted by Gasteiger charge is 2.49. The molecule has 1 saturated carbocycles. The van der Waals surface area contributed by atoms with Gasteiger partial charge in [0, 0.05) is 70.8 Å². The zero-order valence-corrected chi connectivity index (χ0v) is 29.7. The maximum atomic E-state index is 17.5. The van der Waals surface area contributed by atoms with Crippen molar-refractivity contribution in [2.45, 2.75) is 63.8 Å². The van der Waals surface area contributed by atoms with Crippen LogP contribution >= 0.6 is 23.2 Å². The maximum Gasteiger partial charge on any atom is 0.269 e. The molecular weight excluding hydrogens is 688 g/mol. The molecule has 1 aliphatic carbocycles. The number of rotatable bonds is 8. The van der Waals surface area contributed by atoms with Gasteiger partial charge in [-0.25, -0.2) is 9.37 Å². The molecule has 9 rings (SSSR count). The van der Waals surface area contributed by atoms with E-state index in [-0.39, 0.29) is 51.6 Å².